The summed E-state index contributed by atoms with van der Waals surface area (Å²) in [5.41, 5.74) is -0.322. The third-order valence-electron chi connectivity index (χ3n) is 3.67. The maximum absolute atomic E-state index is 12.1. The van der Waals surface area contributed by atoms with Gasteiger partial charge in [0.15, 0.2) is 0 Å². The molecule has 3 heteroatoms. The lowest BCUT2D eigenvalue weighted by atomic mass is 9.80. The Bertz CT molecular complexity index is 237. The van der Waals surface area contributed by atoms with E-state index in [1.807, 2.05) is 6.92 Å². The van der Waals surface area contributed by atoms with E-state index in [-0.39, 0.29) is 11.4 Å². The molecular formula is C15H31NO2. The molecule has 0 radical (unpaired) electrons. The summed E-state index contributed by atoms with van der Waals surface area (Å²) in [6.45, 7) is 16.0. The zero-order chi connectivity index (χ0) is 14.2. The third-order valence-corrected chi connectivity index (χ3v) is 3.67. The van der Waals surface area contributed by atoms with E-state index in [1.54, 1.807) is 0 Å². The second-order valence-corrected chi connectivity index (χ2v) is 5.67. The van der Waals surface area contributed by atoms with E-state index in [1.165, 1.54) is 0 Å². The first-order chi connectivity index (χ1) is 8.39. The predicted molar refractivity (Wildman–Crippen MR) is 76.6 cm³/mol. The summed E-state index contributed by atoms with van der Waals surface area (Å²) in [7, 11) is 0. The maximum Gasteiger partial charge on any atom is 0.311 e. The summed E-state index contributed by atoms with van der Waals surface area (Å²) in [6, 6.07) is 0. The molecule has 0 bridgehead atoms. The first kappa shape index (κ1) is 17.4. The van der Waals surface area contributed by atoms with Crippen LogP contribution in [0.4, 0.5) is 0 Å². The lowest BCUT2D eigenvalue weighted by Gasteiger charge is -2.28. The maximum atomic E-state index is 12.1. The number of nitrogens with zero attached hydrogens (tertiary/aromatic N) is 1. The van der Waals surface area contributed by atoms with E-state index in [9.17, 15) is 4.79 Å². The van der Waals surface area contributed by atoms with Crippen molar-refractivity contribution in [2.45, 2.75) is 54.4 Å². The van der Waals surface area contributed by atoms with E-state index in [0.29, 0.717) is 12.5 Å². The molecule has 0 N–H and O–H groups in total. The molecule has 0 spiro atoms. The molecule has 0 aliphatic rings. The zero-order valence-corrected chi connectivity index (χ0v) is 13.1. The van der Waals surface area contributed by atoms with Crippen molar-refractivity contribution in [2.24, 2.45) is 11.3 Å². The minimum absolute atomic E-state index is 0.0362. The van der Waals surface area contributed by atoms with E-state index >= 15 is 0 Å². The van der Waals surface area contributed by atoms with E-state index in [4.69, 9.17) is 4.74 Å². The van der Waals surface area contributed by atoms with Crippen molar-refractivity contribution in [3.63, 3.8) is 0 Å². The van der Waals surface area contributed by atoms with Crippen molar-refractivity contribution in [3.05, 3.63) is 0 Å². The van der Waals surface area contributed by atoms with Crippen LogP contribution in [0.5, 0.6) is 0 Å². The SMILES string of the molecule is CCN(CC)CCOC(=O)C(C)(CC)CC(C)C. The van der Waals surface area contributed by atoms with E-state index in [2.05, 4.69) is 39.5 Å². The van der Waals surface area contributed by atoms with Crippen molar-refractivity contribution in [3.8, 4) is 0 Å². The molecule has 1 atom stereocenters. The van der Waals surface area contributed by atoms with Gasteiger partial charge in [-0.2, -0.15) is 0 Å². The van der Waals surface area contributed by atoms with Crippen LogP contribution in [0.3, 0.4) is 0 Å². The Labute approximate surface area is 113 Å². The number of likely N-dealkylation sites (N-methyl/N-ethyl adjacent to an activating group) is 1. The molecule has 0 rings (SSSR count). The van der Waals surface area contributed by atoms with Gasteiger partial charge in [0.2, 0.25) is 0 Å². The molecule has 0 aliphatic carbocycles. The van der Waals surface area contributed by atoms with E-state index in [0.717, 1.165) is 32.5 Å². The molecule has 0 heterocycles. The molecule has 0 saturated carbocycles. The van der Waals surface area contributed by atoms with Crippen LogP contribution in [0.15, 0.2) is 0 Å². The number of carbonyl (C=O) groups is 1. The smallest absolute Gasteiger partial charge is 0.311 e. The van der Waals surface area contributed by atoms with Gasteiger partial charge in [0, 0.05) is 6.54 Å². The molecule has 0 aliphatic heterocycles. The summed E-state index contributed by atoms with van der Waals surface area (Å²) in [5.74, 6) is 0.483. The Morgan fingerprint density at radius 2 is 1.78 bits per heavy atom. The Balaban J connectivity index is 4.20. The molecule has 18 heavy (non-hydrogen) atoms. The van der Waals surface area contributed by atoms with Crippen LogP contribution in [-0.2, 0) is 9.53 Å². The Hall–Kier alpha value is -0.570. The summed E-state index contributed by atoms with van der Waals surface area (Å²) in [6.07, 6.45) is 1.74. The molecule has 0 aromatic heterocycles. The topological polar surface area (TPSA) is 29.5 Å². The second-order valence-electron chi connectivity index (χ2n) is 5.67. The van der Waals surface area contributed by atoms with Gasteiger partial charge in [-0.15, -0.1) is 0 Å². The normalized spacial score (nSPS) is 14.9. The summed E-state index contributed by atoms with van der Waals surface area (Å²) < 4.78 is 5.45. The highest BCUT2D eigenvalue weighted by molar-refractivity contribution is 5.76. The Morgan fingerprint density at radius 3 is 2.17 bits per heavy atom. The van der Waals surface area contributed by atoms with Gasteiger partial charge in [-0.3, -0.25) is 4.79 Å². The fourth-order valence-corrected chi connectivity index (χ4v) is 2.25. The van der Waals surface area contributed by atoms with Crippen molar-refractivity contribution >= 4 is 5.97 Å². The molecule has 0 saturated heterocycles. The molecule has 0 fully saturated rings. The van der Waals surface area contributed by atoms with Gasteiger partial charge in [0.05, 0.1) is 5.41 Å². The summed E-state index contributed by atoms with van der Waals surface area (Å²) >= 11 is 0. The van der Waals surface area contributed by atoms with Gasteiger partial charge in [0.1, 0.15) is 6.61 Å². The fraction of sp³-hybridized carbons (Fsp3) is 0.933. The van der Waals surface area contributed by atoms with Gasteiger partial charge in [-0.25, -0.2) is 0 Å². The highest BCUT2D eigenvalue weighted by Crippen LogP contribution is 2.31. The first-order valence-electron chi connectivity index (χ1n) is 7.29. The number of carbonyl (C=O) groups excluding carboxylic acids is 1. The molecule has 0 aromatic carbocycles. The number of ether oxygens (including phenoxy) is 1. The molecule has 0 amide bonds. The Morgan fingerprint density at radius 1 is 1.22 bits per heavy atom. The number of hydrogen-bond donors (Lipinski definition) is 0. The molecule has 3 nitrogen and oxygen atoms in total. The summed E-state index contributed by atoms with van der Waals surface area (Å²) in [5, 5.41) is 0. The predicted octanol–water partition coefficient (Wildman–Crippen LogP) is 3.33. The Kier molecular flexibility index (Phi) is 8.25. The highest BCUT2D eigenvalue weighted by Gasteiger charge is 2.33. The van der Waals surface area contributed by atoms with Crippen molar-refractivity contribution < 1.29 is 9.53 Å². The fourth-order valence-electron chi connectivity index (χ4n) is 2.25. The third kappa shape index (κ3) is 5.85. The van der Waals surface area contributed by atoms with Gasteiger partial charge >= 0.3 is 5.97 Å². The minimum Gasteiger partial charge on any atom is -0.464 e. The molecule has 0 aromatic rings. The van der Waals surface area contributed by atoms with Crippen LogP contribution in [-0.4, -0.2) is 37.1 Å². The average Bonchev–Trinajstić information content (AvgIpc) is 2.33. The van der Waals surface area contributed by atoms with Gasteiger partial charge in [-0.05, 0) is 38.8 Å². The van der Waals surface area contributed by atoms with Crippen molar-refractivity contribution in [2.75, 3.05) is 26.2 Å². The number of rotatable bonds is 9. The van der Waals surface area contributed by atoms with Crippen molar-refractivity contribution in [1.29, 1.82) is 0 Å². The van der Waals surface area contributed by atoms with Gasteiger partial charge < -0.3 is 9.64 Å². The van der Waals surface area contributed by atoms with E-state index < -0.39 is 0 Å². The van der Waals surface area contributed by atoms with Crippen LogP contribution in [0, 0.1) is 11.3 Å². The van der Waals surface area contributed by atoms with Crippen LogP contribution in [0.1, 0.15) is 54.4 Å². The minimum atomic E-state index is -0.322. The molecule has 1 unspecified atom stereocenters. The van der Waals surface area contributed by atoms with Crippen LogP contribution >= 0.6 is 0 Å². The summed E-state index contributed by atoms with van der Waals surface area (Å²) in [4.78, 5) is 14.4. The van der Waals surface area contributed by atoms with Crippen molar-refractivity contribution in [1.82, 2.24) is 4.90 Å². The second kappa shape index (κ2) is 8.52. The number of hydrogen-bond acceptors (Lipinski definition) is 3. The van der Waals surface area contributed by atoms with Crippen LogP contribution in [0.25, 0.3) is 0 Å². The monoisotopic (exact) mass is 257 g/mol. The van der Waals surface area contributed by atoms with Gasteiger partial charge in [-0.1, -0.05) is 34.6 Å². The molecular weight excluding hydrogens is 226 g/mol. The zero-order valence-electron chi connectivity index (χ0n) is 13.1. The highest BCUT2D eigenvalue weighted by atomic mass is 16.5. The molecule has 108 valence electrons. The lowest BCUT2D eigenvalue weighted by molar-refractivity contribution is -0.156. The van der Waals surface area contributed by atoms with Crippen LogP contribution in [0.2, 0.25) is 0 Å². The largest absolute Gasteiger partial charge is 0.464 e. The van der Waals surface area contributed by atoms with Crippen LogP contribution < -0.4 is 0 Å². The standard InChI is InChI=1S/C15H31NO2/c1-7-15(6,12-13(4)5)14(17)18-11-10-16(8-2)9-3/h13H,7-12H2,1-6H3. The van der Waals surface area contributed by atoms with Gasteiger partial charge in [0.25, 0.3) is 0 Å². The quantitative estimate of drug-likeness (QED) is 0.593. The average molecular weight is 257 g/mol. The first-order valence-corrected chi connectivity index (χ1v) is 7.29. The number of esters is 1. The lowest BCUT2D eigenvalue weighted by Crippen LogP contribution is -2.34.